The SMILES string of the molecule is CCC(C)CCCCCCCCCCCCCCCCCCCCC(=O)O[C@H](COC(=O)CCCCCCCCC(C)C)COP(=O)(O)OC[C@H](O)COP(=O)(O)OC[C@@H](COC(=O)CCCCCCCCCCCCC(C)CC)OC(=O)CCCCCCCCCCCCCCCCCCCCC(C)C. The predicted octanol–water partition coefficient (Wildman–Crippen LogP) is 26.3. The van der Waals surface area contributed by atoms with Crippen LogP contribution in [0.5, 0.6) is 0 Å². The molecule has 0 aliphatic heterocycles. The van der Waals surface area contributed by atoms with Gasteiger partial charge in [-0.1, -0.05) is 402 Å². The van der Waals surface area contributed by atoms with Gasteiger partial charge in [0.2, 0.25) is 0 Å². The molecule has 0 fully saturated rings. The maximum Gasteiger partial charge on any atom is 0.472 e. The van der Waals surface area contributed by atoms with Gasteiger partial charge in [-0.2, -0.15) is 0 Å². The van der Waals surface area contributed by atoms with Crippen molar-refractivity contribution in [3.8, 4) is 0 Å². The summed E-state index contributed by atoms with van der Waals surface area (Å²) in [7, 11) is -9.93. The lowest BCUT2D eigenvalue weighted by molar-refractivity contribution is -0.161. The number of ether oxygens (including phenoxy) is 4. The molecule has 4 unspecified atom stereocenters. The van der Waals surface area contributed by atoms with Crippen molar-refractivity contribution in [2.75, 3.05) is 39.6 Å². The smallest absolute Gasteiger partial charge is 0.462 e. The molecular formula is C87H170O17P2. The number of carbonyl (C=O) groups excluding carboxylic acids is 4. The summed E-state index contributed by atoms with van der Waals surface area (Å²) in [6.07, 6.45) is 65.4. The normalized spacial score (nSPS) is 14.4. The molecule has 0 saturated carbocycles. The molecule has 0 saturated heterocycles. The quantitative estimate of drug-likeness (QED) is 0.0222. The molecule has 7 atom stereocenters. The molecule has 17 nitrogen and oxygen atoms in total. The molecule has 0 rings (SSSR count). The summed E-state index contributed by atoms with van der Waals surface area (Å²) >= 11 is 0. The Morgan fingerprint density at radius 2 is 0.453 bits per heavy atom. The molecule has 3 N–H and O–H groups in total. The first-order valence-electron chi connectivity index (χ1n) is 44.8. The van der Waals surface area contributed by atoms with Gasteiger partial charge in [0.15, 0.2) is 12.2 Å². The summed E-state index contributed by atoms with van der Waals surface area (Å²) in [6, 6.07) is 0. The number of hydrogen-bond donors (Lipinski definition) is 3. The van der Waals surface area contributed by atoms with E-state index in [0.29, 0.717) is 31.6 Å². The van der Waals surface area contributed by atoms with Crippen LogP contribution in [-0.4, -0.2) is 96.7 Å². The molecular weight excluding hydrogens is 1380 g/mol. The average molecular weight is 1550 g/mol. The molecule has 0 aromatic rings. The van der Waals surface area contributed by atoms with Gasteiger partial charge in [-0.3, -0.25) is 37.3 Å². The number of phosphoric ester groups is 2. The minimum absolute atomic E-state index is 0.107. The van der Waals surface area contributed by atoms with Crippen LogP contribution in [-0.2, 0) is 65.4 Å². The highest BCUT2D eigenvalue weighted by Crippen LogP contribution is 2.45. The van der Waals surface area contributed by atoms with Gasteiger partial charge in [0, 0.05) is 25.7 Å². The molecule has 0 aliphatic rings. The van der Waals surface area contributed by atoms with Gasteiger partial charge in [0.05, 0.1) is 26.4 Å². The van der Waals surface area contributed by atoms with Crippen LogP contribution in [0, 0.1) is 23.7 Å². The highest BCUT2D eigenvalue weighted by Gasteiger charge is 2.31. The molecule has 0 aliphatic carbocycles. The summed E-state index contributed by atoms with van der Waals surface area (Å²) in [5.74, 6) is 1.07. The summed E-state index contributed by atoms with van der Waals surface area (Å²) in [6.45, 7) is 14.3. The number of rotatable bonds is 84. The molecule has 0 bridgehead atoms. The Balaban J connectivity index is 5.17. The zero-order valence-electron chi connectivity index (χ0n) is 70.1. The second-order valence-electron chi connectivity index (χ2n) is 32.7. The van der Waals surface area contributed by atoms with Crippen molar-refractivity contribution >= 4 is 39.5 Å². The molecule has 0 spiro atoms. The minimum atomic E-state index is -4.97. The van der Waals surface area contributed by atoms with Crippen molar-refractivity contribution in [1.82, 2.24) is 0 Å². The Kier molecular flexibility index (Phi) is 74.3. The van der Waals surface area contributed by atoms with Gasteiger partial charge in [-0.25, -0.2) is 9.13 Å². The predicted molar refractivity (Wildman–Crippen MR) is 437 cm³/mol. The number of unbranched alkanes of at least 4 members (excludes halogenated alkanes) is 48. The lowest BCUT2D eigenvalue weighted by atomic mass is 9.99. The Morgan fingerprint density at radius 1 is 0.264 bits per heavy atom. The van der Waals surface area contributed by atoms with Crippen LogP contribution in [0.1, 0.15) is 453 Å². The summed E-state index contributed by atoms with van der Waals surface area (Å²) in [4.78, 5) is 73.2. The van der Waals surface area contributed by atoms with Crippen LogP contribution in [0.2, 0.25) is 0 Å². The standard InChI is InChI=1S/C87H170O17P2/c1-9-79(7)65-57-49-40-34-28-24-20-16-12-14-18-22-26-30-38-44-54-62-70-87(92)104-83(74-98-85(90)68-60-52-46-45-48-56-64-78(5)6)76-102-106(95,96)100-72-81(88)71-99-105(93,94)101-75-82(73-97-84(89)67-59-51-42-36-32-31-35-41-50-58-66-80(8)10-2)103-86(91)69-61-53-43-37-29-25-21-17-13-11-15-19-23-27-33-39-47-55-63-77(3)4/h77-83,88H,9-76H2,1-8H3,(H,93,94)(H,95,96)/t79?,80?,81-,82-,83-/m1/s1. The van der Waals surface area contributed by atoms with E-state index in [1.807, 2.05) is 0 Å². The summed E-state index contributed by atoms with van der Waals surface area (Å²) in [5, 5.41) is 10.7. The van der Waals surface area contributed by atoms with Crippen LogP contribution in [0.4, 0.5) is 0 Å². The largest absolute Gasteiger partial charge is 0.472 e. The van der Waals surface area contributed by atoms with E-state index in [-0.39, 0.29) is 25.7 Å². The number of phosphoric acid groups is 2. The van der Waals surface area contributed by atoms with E-state index in [1.165, 1.54) is 250 Å². The number of esters is 4. The van der Waals surface area contributed by atoms with E-state index in [2.05, 4.69) is 55.4 Å². The van der Waals surface area contributed by atoms with E-state index in [9.17, 15) is 43.2 Å². The fraction of sp³-hybridized carbons (Fsp3) is 0.954. The number of aliphatic hydroxyl groups is 1. The van der Waals surface area contributed by atoms with Crippen molar-refractivity contribution in [3.63, 3.8) is 0 Å². The lowest BCUT2D eigenvalue weighted by Gasteiger charge is -2.21. The first-order chi connectivity index (χ1) is 51.2. The Bertz CT molecular complexity index is 2060. The molecule has 0 aromatic carbocycles. The zero-order valence-corrected chi connectivity index (χ0v) is 71.9. The van der Waals surface area contributed by atoms with Gasteiger partial charge >= 0.3 is 39.5 Å². The second-order valence-corrected chi connectivity index (χ2v) is 35.6. The number of aliphatic hydroxyl groups excluding tert-OH is 1. The van der Waals surface area contributed by atoms with Crippen molar-refractivity contribution < 1.29 is 80.2 Å². The molecule has 0 amide bonds. The second kappa shape index (κ2) is 75.7. The third-order valence-corrected chi connectivity index (χ3v) is 22.9. The van der Waals surface area contributed by atoms with E-state index in [0.717, 1.165) is 114 Å². The molecule has 0 radical (unpaired) electrons. The van der Waals surface area contributed by atoms with Gasteiger partial charge < -0.3 is 33.8 Å². The van der Waals surface area contributed by atoms with Gasteiger partial charge in [0.25, 0.3) is 0 Å². The maximum atomic E-state index is 13.1. The van der Waals surface area contributed by atoms with Gasteiger partial charge in [0.1, 0.15) is 19.3 Å². The van der Waals surface area contributed by atoms with Crippen LogP contribution in [0.25, 0.3) is 0 Å². The molecule has 106 heavy (non-hydrogen) atoms. The third kappa shape index (κ3) is 77.4. The molecule has 630 valence electrons. The Morgan fingerprint density at radius 3 is 0.670 bits per heavy atom. The molecule has 0 aromatic heterocycles. The van der Waals surface area contributed by atoms with Crippen LogP contribution >= 0.6 is 15.6 Å². The number of carbonyl (C=O) groups is 4. The van der Waals surface area contributed by atoms with Crippen LogP contribution in [0.3, 0.4) is 0 Å². The first kappa shape index (κ1) is 104. The van der Waals surface area contributed by atoms with Crippen molar-refractivity contribution in [3.05, 3.63) is 0 Å². The highest BCUT2D eigenvalue weighted by molar-refractivity contribution is 7.47. The van der Waals surface area contributed by atoms with Crippen molar-refractivity contribution in [2.24, 2.45) is 23.7 Å². The Hall–Kier alpha value is -1.94. The van der Waals surface area contributed by atoms with Crippen molar-refractivity contribution in [2.45, 2.75) is 472 Å². The molecule has 0 heterocycles. The third-order valence-electron chi connectivity index (χ3n) is 21.0. The van der Waals surface area contributed by atoms with Crippen molar-refractivity contribution in [1.29, 1.82) is 0 Å². The average Bonchev–Trinajstić information content (AvgIpc) is 0.941. The first-order valence-corrected chi connectivity index (χ1v) is 47.8. The maximum absolute atomic E-state index is 13.1. The van der Waals surface area contributed by atoms with Crippen LogP contribution in [0.15, 0.2) is 0 Å². The summed E-state index contributed by atoms with van der Waals surface area (Å²) < 4.78 is 68.9. The fourth-order valence-corrected chi connectivity index (χ4v) is 15.0. The summed E-state index contributed by atoms with van der Waals surface area (Å²) in [5.41, 5.74) is 0. The van der Waals surface area contributed by atoms with Gasteiger partial charge in [-0.15, -0.1) is 0 Å². The van der Waals surface area contributed by atoms with E-state index >= 15 is 0 Å². The zero-order chi connectivity index (χ0) is 78.1. The van der Waals surface area contributed by atoms with E-state index in [4.69, 9.17) is 37.0 Å². The monoisotopic (exact) mass is 1550 g/mol. The lowest BCUT2D eigenvalue weighted by Crippen LogP contribution is -2.30. The Labute approximate surface area is 651 Å². The topological polar surface area (TPSA) is 237 Å². The number of hydrogen-bond acceptors (Lipinski definition) is 15. The fourth-order valence-electron chi connectivity index (χ4n) is 13.4. The highest BCUT2D eigenvalue weighted by atomic mass is 31.2. The minimum Gasteiger partial charge on any atom is -0.462 e. The van der Waals surface area contributed by atoms with E-state index < -0.39 is 97.5 Å². The molecule has 19 heteroatoms. The van der Waals surface area contributed by atoms with Gasteiger partial charge in [-0.05, 0) is 49.4 Å². The van der Waals surface area contributed by atoms with Crippen LogP contribution < -0.4 is 0 Å². The van der Waals surface area contributed by atoms with E-state index in [1.54, 1.807) is 0 Å².